The van der Waals surface area contributed by atoms with Crippen molar-refractivity contribution in [3.05, 3.63) is 21.2 Å². The molecule has 0 saturated carbocycles. The van der Waals surface area contributed by atoms with Crippen molar-refractivity contribution in [2.45, 2.75) is 13.0 Å². The lowest BCUT2D eigenvalue weighted by Gasteiger charge is -2.13. The van der Waals surface area contributed by atoms with Crippen LogP contribution in [0.15, 0.2) is 21.2 Å². The van der Waals surface area contributed by atoms with Gasteiger partial charge in [-0.15, -0.1) is 0 Å². The number of halogens is 2. The highest BCUT2D eigenvalue weighted by Gasteiger charge is 2.18. The van der Waals surface area contributed by atoms with Crippen molar-refractivity contribution in [3.63, 3.8) is 0 Å². The van der Waals surface area contributed by atoms with E-state index >= 15 is 0 Å². The number of nitrogens with zero attached hydrogens (tertiary/aromatic N) is 1. The van der Waals surface area contributed by atoms with Crippen molar-refractivity contribution in [2.24, 2.45) is 0 Å². The van der Waals surface area contributed by atoms with Crippen LogP contribution in [-0.2, 0) is 6.54 Å². The fraction of sp³-hybridized carbons (Fsp3) is 0.375. The summed E-state index contributed by atoms with van der Waals surface area (Å²) in [5.74, 6) is 1.18. The van der Waals surface area contributed by atoms with Crippen LogP contribution in [0.2, 0.25) is 0 Å². The van der Waals surface area contributed by atoms with E-state index in [0.717, 1.165) is 22.0 Å². The molecular weight excluding hydrogens is 284 g/mol. The highest BCUT2D eigenvalue weighted by Crippen LogP contribution is 2.23. The zero-order chi connectivity index (χ0) is 8.55. The number of pyridine rings is 1. The predicted molar refractivity (Wildman–Crippen MR) is 55.1 cm³/mol. The van der Waals surface area contributed by atoms with Crippen LogP contribution in [0.25, 0.3) is 0 Å². The highest BCUT2D eigenvalue weighted by molar-refractivity contribution is 9.11. The summed E-state index contributed by atoms with van der Waals surface area (Å²) in [5.41, 5.74) is 0. The minimum atomic E-state index is 1.07. The van der Waals surface area contributed by atoms with E-state index in [4.69, 9.17) is 0 Å². The number of anilines is 1. The summed E-state index contributed by atoms with van der Waals surface area (Å²) in [7, 11) is 0. The van der Waals surface area contributed by atoms with E-state index in [9.17, 15) is 0 Å². The molecule has 0 saturated heterocycles. The first kappa shape index (κ1) is 8.51. The maximum absolute atomic E-state index is 3.52. The second-order valence-electron chi connectivity index (χ2n) is 2.83. The van der Waals surface area contributed by atoms with Gasteiger partial charge in [-0.05, 0) is 37.9 Å². The van der Waals surface area contributed by atoms with Gasteiger partial charge in [0, 0.05) is 6.42 Å². The molecule has 4 heteroatoms. The van der Waals surface area contributed by atoms with Crippen LogP contribution in [0, 0.1) is 0 Å². The molecule has 1 aromatic heterocycles. The Labute approximate surface area is 88.2 Å². The average molecular weight is 293 g/mol. The van der Waals surface area contributed by atoms with E-state index in [-0.39, 0.29) is 0 Å². The first-order chi connectivity index (χ1) is 5.77. The topological polar surface area (TPSA) is 15.9 Å². The van der Waals surface area contributed by atoms with Gasteiger partial charge in [-0.2, -0.15) is 0 Å². The first-order valence-corrected chi connectivity index (χ1v) is 5.48. The first-order valence-electron chi connectivity index (χ1n) is 3.90. The summed E-state index contributed by atoms with van der Waals surface area (Å²) >= 11 is 6.98. The zero-order valence-electron chi connectivity index (χ0n) is 6.48. The molecule has 1 aromatic rings. The predicted octanol–water partition coefficient (Wildman–Crippen LogP) is 2.31. The molecule has 0 amide bonds. The molecule has 0 aromatic carbocycles. The van der Waals surface area contributed by atoms with Crippen LogP contribution in [0.5, 0.6) is 0 Å². The molecule has 1 aliphatic heterocycles. The van der Waals surface area contributed by atoms with Crippen LogP contribution >= 0.6 is 31.9 Å². The summed E-state index contributed by atoms with van der Waals surface area (Å²) in [6.45, 7) is 2.17. The maximum Gasteiger partial charge on any atom is 0.288 e. The Balaban J connectivity index is 2.53. The molecular formula is C8H9Br2N2+. The van der Waals surface area contributed by atoms with Crippen molar-refractivity contribution >= 4 is 37.7 Å². The van der Waals surface area contributed by atoms with Gasteiger partial charge in [0.05, 0.1) is 17.6 Å². The van der Waals surface area contributed by atoms with Crippen molar-refractivity contribution < 1.29 is 4.57 Å². The van der Waals surface area contributed by atoms with Gasteiger partial charge >= 0.3 is 0 Å². The lowest BCUT2D eigenvalue weighted by atomic mass is 10.3. The number of aryl methyl sites for hydroxylation is 1. The smallest absolute Gasteiger partial charge is 0.273 e. The summed E-state index contributed by atoms with van der Waals surface area (Å²) in [6, 6.07) is 2.06. The monoisotopic (exact) mass is 291 g/mol. The summed E-state index contributed by atoms with van der Waals surface area (Å²) < 4.78 is 4.45. The minimum absolute atomic E-state index is 1.07. The number of rotatable bonds is 0. The Bertz CT molecular complexity index is 312. The van der Waals surface area contributed by atoms with Crippen LogP contribution in [-0.4, -0.2) is 6.54 Å². The van der Waals surface area contributed by atoms with Gasteiger partial charge in [-0.1, -0.05) is 0 Å². The number of hydrogen-bond donors (Lipinski definition) is 1. The highest BCUT2D eigenvalue weighted by atomic mass is 79.9. The van der Waals surface area contributed by atoms with Gasteiger partial charge in [0.2, 0.25) is 0 Å². The molecule has 12 heavy (non-hydrogen) atoms. The number of fused-ring (bicyclic) bond motifs is 1. The second kappa shape index (κ2) is 3.34. The van der Waals surface area contributed by atoms with E-state index in [1.54, 1.807) is 0 Å². The molecule has 0 radical (unpaired) electrons. The van der Waals surface area contributed by atoms with Gasteiger partial charge in [-0.25, -0.2) is 4.57 Å². The fourth-order valence-electron chi connectivity index (χ4n) is 1.40. The van der Waals surface area contributed by atoms with E-state index in [0.29, 0.717) is 0 Å². The lowest BCUT2D eigenvalue weighted by Crippen LogP contribution is -2.42. The molecule has 64 valence electrons. The number of hydrogen-bond acceptors (Lipinski definition) is 1. The van der Waals surface area contributed by atoms with Crippen molar-refractivity contribution in [1.82, 2.24) is 0 Å². The molecule has 0 fully saturated rings. The van der Waals surface area contributed by atoms with Gasteiger partial charge in [0.1, 0.15) is 10.7 Å². The quantitative estimate of drug-likeness (QED) is 0.726. The third kappa shape index (κ3) is 1.50. The third-order valence-electron chi connectivity index (χ3n) is 1.93. The summed E-state index contributed by atoms with van der Waals surface area (Å²) in [4.78, 5) is 0. The number of nitrogens with one attached hydrogen (secondary N) is 1. The van der Waals surface area contributed by atoms with Crippen molar-refractivity contribution in [3.8, 4) is 0 Å². The zero-order valence-corrected chi connectivity index (χ0v) is 9.65. The van der Waals surface area contributed by atoms with Gasteiger partial charge in [0.25, 0.3) is 5.82 Å². The second-order valence-corrected chi connectivity index (χ2v) is 4.60. The molecule has 0 atom stereocenters. The van der Waals surface area contributed by atoms with Gasteiger partial charge < -0.3 is 0 Å². The van der Waals surface area contributed by atoms with E-state index in [1.165, 1.54) is 12.2 Å². The third-order valence-corrected chi connectivity index (χ3v) is 2.96. The van der Waals surface area contributed by atoms with Crippen molar-refractivity contribution in [2.75, 3.05) is 11.9 Å². The summed E-state index contributed by atoms with van der Waals surface area (Å²) in [6.07, 6.45) is 3.30. The largest absolute Gasteiger partial charge is 0.288 e. The van der Waals surface area contributed by atoms with Crippen LogP contribution in [0.4, 0.5) is 5.82 Å². The molecule has 2 nitrogen and oxygen atoms in total. The fourth-order valence-corrected chi connectivity index (χ4v) is 2.79. The van der Waals surface area contributed by atoms with Gasteiger partial charge in [0.15, 0.2) is 0 Å². The Kier molecular flexibility index (Phi) is 2.37. The lowest BCUT2D eigenvalue weighted by molar-refractivity contribution is -0.687. The Morgan fingerprint density at radius 3 is 3.08 bits per heavy atom. The normalized spacial score (nSPS) is 15.2. The molecule has 0 spiro atoms. The Morgan fingerprint density at radius 1 is 1.42 bits per heavy atom. The van der Waals surface area contributed by atoms with Crippen LogP contribution in [0.3, 0.4) is 0 Å². The standard InChI is InChI=1S/C8H8Br2N2/c9-6-4-7(10)8-11-2-1-3-12(8)5-6/h4-5H,1-3H2/p+1. The van der Waals surface area contributed by atoms with Gasteiger partial charge in [-0.3, -0.25) is 5.32 Å². The van der Waals surface area contributed by atoms with E-state index in [1.807, 2.05) is 0 Å². The maximum atomic E-state index is 3.52. The van der Waals surface area contributed by atoms with E-state index in [2.05, 4.69) is 54.0 Å². The minimum Gasteiger partial charge on any atom is -0.273 e. The molecule has 0 bridgehead atoms. The van der Waals surface area contributed by atoms with E-state index < -0.39 is 0 Å². The average Bonchev–Trinajstić information content (AvgIpc) is 2.04. The van der Waals surface area contributed by atoms with Crippen LogP contribution < -0.4 is 9.88 Å². The molecule has 1 N–H and O–H groups in total. The number of aromatic nitrogens is 1. The Morgan fingerprint density at radius 2 is 2.25 bits per heavy atom. The molecule has 1 aliphatic rings. The van der Waals surface area contributed by atoms with Crippen molar-refractivity contribution in [1.29, 1.82) is 0 Å². The molecule has 0 unspecified atom stereocenters. The SMILES string of the molecule is Brc1cc(Br)c2[n+](c1)CCCN2. The molecule has 2 heterocycles. The van der Waals surface area contributed by atoms with Crippen LogP contribution in [0.1, 0.15) is 6.42 Å². The summed E-state index contributed by atoms with van der Waals surface area (Å²) in [5, 5.41) is 3.35. The molecule has 2 rings (SSSR count). The molecule has 0 aliphatic carbocycles. The Hall–Kier alpha value is -0.0900.